The first-order chi connectivity index (χ1) is 8.78. The number of hydrogen-bond acceptors (Lipinski definition) is 5. The van der Waals surface area contributed by atoms with Gasteiger partial charge in [0.1, 0.15) is 0 Å². The zero-order chi connectivity index (χ0) is 14.5. The summed E-state index contributed by atoms with van der Waals surface area (Å²) in [6.07, 6.45) is -1.42. The monoisotopic (exact) mass is 287 g/mol. The van der Waals surface area contributed by atoms with Crippen molar-refractivity contribution >= 4 is 22.0 Å². The number of benzene rings is 1. The first kappa shape index (κ1) is 15.3. The fourth-order valence-electron chi connectivity index (χ4n) is 1.27. The molecule has 4 N–H and O–H groups in total. The minimum atomic E-state index is -3.95. The van der Waals surface area contributed by atoms with Gasteiger partial charge in [0.25, 0.3) is 0 Å². The van der Waals surface area contributed by atoms with Crippen LogP contribution >= 0.6 is 0 Å². The Morgan fingerprint density at radius 2 is 2.11 bits per heavy atom. The van der Waals surface area contributed by atoms with Crippen molar-refractivity contribution in [2.24, 2.45) is 0 Å². The SMILES string of the molecule is CC(C)OC(=O)NS(=O)(=O)NCc1cccc(N)c1. The van der Waals surface area contributed by atoms with Crippen LogP contribution in [0.1, 0.15) is 19.4 Å². The lowest BCUT2D eigenvalue weighted by molar-refractivity contribution is 0.121. The second-order valence-electron chi connectivity index (χ2n) is 4.13. The van der Waals surface area contributed by atoms with Crippen LogP contribution in [-0.2, 0) is 21.5 Å². The van der Waals surface area contributed by atoms with Crippen molar-refractivity contribution in [1.82, 2.24) is 9.44 Å². The highest BCUT2D eigenvalue weighted by molar-refractivity contribution is 7.88. The van der Waals surface area contributed by atoms with E-state index in [1.165, 1.54) is 0 Å². The van der Waals surface area contributed by atoms with Crippen LogP contribution in [0, 0.1) is 0 Å². The standard InChI is InChI=1S/C11H17N3O4S/c1-8(2)18-11(15)14-19(16,17)13-7-9-4-3-5-10(12)6-9/h3-6,8,13H,7,12H2,1-2H3,(H,14,15). The molecule has 0 spiro atoms. The number of carbonyl (C=O) groups excluding carboxylic acids is 1. The van der Waals surface area contributed by atoms with Gasteiger partial charge in [0.15, 0.2) is 0 Å². The van der Waals surface area contributed by atoms with Crippen LogP contribution < -0.4 is 15.2 Å². The van der Waals surface area contributed by atoms with Gasteiger partial charge in [-0.05, 0) is 31.5 Å². The number of carbonyl (C=O) groups is 1. The Labute approximate surface area is 112 Å². The molecule has 19 heavy (non-hydrogen) atoms. The minimum Gasteiger partial charge on any atom is -0.446 e. The van der Waals surface area contributed by atoms with E-state index in [2.05, 4.69) is 9.46 Å². The summed E-state index contributed by atoms with van der Waals surface area (Å²) >= 11 is 0. The van der Waals surface area contributed by atoms with E-state index in [1.54, 1.807) is 42.8 Å². The van der Waals surface area contributed by atoms with Crippen LogP contribution in [0.4, 0.5) is 10.5 Å². The van der Waals surface area contributed by atoms with Crippen LogP contribution in [-0.4, -0.2) is 20.6 Å². The summed E-state index contributed by atoms with van der Waals surface area (Å²) in [4.78, 5) is 11.2. The molecule has 0 aliphatic carbocycles. The fraction of sp³-hybridized carbons (Fsp3) is 0.364. The summed E-state index contributed by atoms with van der Waals surface area (Å²) in [5, 5.41) is 0. The van der Waals surface area contributed by atoms with Crippen LogP contribution in [0.5, 0.6) is 0 Å². The third-order valence-corrected chi connectivity index (χ3v) is 2.94. The van der Waals surface area contributed by atoms with Crippen LogP contribution in [0.15, 0.2) is 24.3 Å². The van der Waals surface area contributed by atoms with Gasteiger partial charge < -0.3 is 10.5 Å². The summed E-state index contributed by atoms with van der Waals surface area (Å²) in [6, 6.07) is 6.75. The average molecular weight is 287 g/mol. The lowest BCUT2D eigenvalue weighted by Gasteiger charge is -2.11. The van der Waals surface area contributed by atoms with Gasteiger partial charge in [0.2, 0.25) is 0 Å². The molecule has 0 radical (unpaired) electrons. The van der Waals surface area contributed by atoms with Gasteiger partial charge in [-0.3, -0.25) is 0 Å². The van der Waals surface area contributed by atoms with Crippen LogP contribution in [0.2, 0.25) is 0 Å². The molecule has 0 aromatic heterocycles. The zero-order valence-electron chi connectivity index (χ0n) is 10.7. The number of anilines is 1. The number of nitrogens with one attached hydrogen (secondary N) is 2. The van der Waals surface area contributed by atoms with Crippen LogP contribution in [0.3, 0.4) is 0 Å². The summed E-state index contributed by atoms with van der Waals surface area (Å²) in [5.74, 6) is 0. The molecule has 1 aromatic rings. The molecule has 0 aliphatic rings. The molecular formula is C11H17N3O4S. The molecule has 0 heterocycles. The molecule has 0 saturated heterocycles. The van der Waals surface area contributed by atoms with Gasteiger partial charge in [0.05, 0.1) is 6.10 Å². The first-order valence-electron chi connectivity index (χ1n) is 5.61. The number of rotatable bonds is 5. The average Bonchev–Trinajstić information content (AvgIpc) is 2.24. The second kappa shape index (κ2) is 6.39. The molecule has 0 bridgehead atoms. The molecule has 0 aliphatic heterocycles. The van der Waals surface area contributed by atoms with Crippen molar-refractivity contribution in [2.45, 2.75) is 26.5 Å². The van der Waals surface area contributed by atoms with Gasteiger partial charge in [-0.2, -0.15) is 13.1 Å². The highest BCUT2D eigenvalue weighted by atomic mass is 32.2. The third kappa shape index (κ3) is 6.07. The maximum absolute atomic E-state index is 11.5. The third-order valence-electron chi connectivity index (χ3n) is 1.98. The molecular weight excluding hydrogens is 270 g/mol. The molecule has 0 fully saturated rings. The second-order valence-corrected chi connectivity index (χ2v) is 5.63. The van der Waals surface area contributed by atoms with Crippen molar-refractivity contribution in [1.29, 1.82) is 0 Å². The molecule has 0 atom stereocenters. The van der Waals surface area contributed by atoms with Crippen molar-refractivity contribution in [3.8, 4) is 0 Å². The highest BCUT2D eigenvalue weighted by Gasteiger charge is 2.15. The molecule has 1 rings (SSSR count). The first-order valence-corrected chi connectivity index (χ1v) is 7.09. The molecule has 0 saturated carbocycles. The summed E-state index contributed by atoms with van der Waals surface area (Å²) in [7, 11) is -3.95. The van der Waals surface area contributed by atoms with E-state index >= 15 is 0 Å². The van der Waals surface area contributed by atoms with Crippen LogP contribution in [0.25, 0.3) is 0 Å². The predicted octanol–water partition coefficient (Wildman–Crippen LogP) is 0.738. The minimum absolute atomic E-state index is 0.0231. The smallest absolute Gasteiger partial charge is 0.422 e. The van der Waals surface area contributed by atoms with Gasteiger partial charge in [0, 0.05) is 12.2 Å². The number of ether oxygens (including phenoxy) is 1. The summed E-state index contributed by atoms with van der Waals surface area (Å²) < 4.78 is 31.7. The number of nitrogen functional groups attached to an aromatic ring is 1. The number of nitrogens with two attached hydrogens (primary N) is 1. The van der Waals surface area contributed by atoms with Crippen molar-refractivity contribution in [3.05, 3.63) is 29.8 Å². The van der Waals surface area contributed by atoms with E-state index in [1.807, 2.05) is 0 Å². The Balaban J connectivity index is 2.54. The summed E-state index contributed by atoms with van der Waals surface area (Å²) in [6.45, 7) is 3.26. The fourth-order valence-corrected chi connectivity index (χ4v) is 1.96. The highest BCUT2D eigenvalue weighted by Crippen LogP contribution is 2.06. The van der Waals surface area contributed by atoms with Crippen molar-refractivity contribution < 1.29 is 17.9 Å². The van der Waals surface area contributed by atoms with E-state index < -0.39 is 22.4 Å². The predicted molar refractivity (Wildman–Crippen MR) is 71.4 cm³/mol. The van der Waals surface area contributed by atoms with E-state index in [0.29, 0.717) is 11.3 Å². The Hall–Kier alpha value is -1.80. The number of amides is 1. The van der Waals surface area contributed by atoms with E-state index in [4.69, 9.17) is 5.73 Å². The molecule has 1 amide bonds. The Kier molecular flexibility index (Phi) is 5.13. The van der Waals surface area contributed by atoms with E-state index in [-0.39, 0.29) is 6.54 Å². The lowest BCUT2D eigenvalue weighted by Crippen LogP contribution is -2.40. The number of hydrogen-bond donors (Lipinski definition) is 3. The normalized spacial score (nSPS) is 11.3. The zero-order valence-corrected chi connectivity index (χ0v) is 11.5. The lowest BCUT2D eigenvalue weighted by atomic mass is 10.2. The van der Waals surface area contributed by atoms with Gasteiger partial charge in [-0.15, -0.1) is 0 Å². The molecule has 8 heteroatoms. The largest absolute Gasteiger partial charge is 0.446 e. The van der Waals surface area contributed by atoms with Crippen molar-refractivity contribution in [3.63, 3.8) is 0 Å². The van der Waals surface area contributed by atoms with Gasteiger partial charge in [-0.25, -0.2) is 9.52 Å². The Morgan fingerprint density at radius 3 is 2.68 bits per heavy atom. The van der Waals surface area contributed by atoms with Gasteiger partial charge in [-0.1, -0.05) is 12.1 Å². The summed E-state index contributed by atoms with van der Waals surface area (Å²) in [5.41, 5.74) is 6.78. The molecule has 106 valence electrons. The maximum atomic E-state index is 11.5. The van der Waals surface area contributed by atoms with E-state index in [0.717, 1.165) is 0 Å². The Bertz CT molecular complexity index is 543. The Morgan fingerprint density at radius 1 is 1.42 bits per heavy atom. The van der Waals surface area contributed by atoms with E-state index in [9.17, 15) is 13.2 Å². The van der Waals surface area contributed by atoms with Gasteiger partial charge >= 0.3 is 16.3 Å². The molecule has 0 unspecified atom stereocenters. The molecule has 7 nitrogen and oxygen atoms in total. The molecule has 1 aromatic carbocycles. The topological polar surface area (TPSA) is 111 Å². The maximum Gasteiger partial charge on any atom is 0.422 e. The van der Waals surface area contributed by atoms with Crippen molar-refractivity contribution in [2.75, 3.05) is 5.73 Å². The quantitative estimate of drug-likeness (QED) is 0.692.